The second-order valence-electron chi connectivity index (χ2n) is 7.88. The maximum atomic E-state index is 13.9. The summed E-state index contributed by atoms with van der Waals surface area (Å²) < 4.78 is 24.7. The molecule has 7 heteroatoms. The number of nitrogens with one attached hydrogen (secondary N) is 1. The summed E-state index contributed by atoms with van der Waals surface area (Å²) in [4.78, 5) is 7.17. The number of nitrogens with zero attached hydrogens (tertiary/aromatic N) is 2. The molecular weight excluding hydrogens is 472 g/mol. The predicted molar refractivity (Wildman–Crippen MR) is 121 cm³/mol. The van der Waals surface area contributed by atoms with Crippen molar-refractivity contribution in [3.63, 3.8) is 0 Å². The molecule has 1 atom stereocenters. The average molecular weight is 505 g/mol. The second kappa shape index (κ2) is 11.2. The molecule has 0 radical (unpaired) electrons. The zero-order valence-corrected chi connectivity index (χ0v) is 19.5. The Bertz CT molecular complexity index is 669. The highest BCUT2D eigenvalue weighted by Gasteiger charge is 2.25. The first-order valence-electron chi connectivity index (χ1n) is 10.1. The fourth-order valence-electron chi connectivity index (χ4n) is 4.03. The van der Waals surface area contributed by atoms with Crippen LogP contribution in [0.5, 0.6) is 5.75 Å². The van der Waals surface area contributed by atoms with Crippen molar-refractivity contribution in [2.45, 2.75) is 46.6 Å². The lowest BCUT2D eigenvalue weighted by atomic mass is 9.97. The first-order chi connectivity index (χ1) is 13.1. The molecule has 28 heavy (non-hydrogen) atoms. The number of likely N-dealkylation sites (tertiary alicyclic amines) is 1. The largest absolute Gasteiger partial charge is 0.467 e. The van der Waals surface area contributed by atoms with Gasteiger partial charge < -0.3 is 19.7 Å². The number of benzene rings is 1. The molecule has 1 aromatic carbocycles. The van der Waals surface area contributed by atoms with Gasteiger partial charge in [-0.25, -0.2) is 4.39 Å². The van der Waals surface area contributed by atoms with E-state index in [4.69, 9.17) is 14.5 Å². The highest BCUT2D eigenvalue weighted by Crippen LogP contribution is 2.30. The third-order valence-corrected chi connectivity index (χ3v) is 5.12. The van der Waals surface area contributed by atoms with Gasteiger partial charge in [-0.3, -0.25) is 4.99 Å². The molecule has 0 bridgehead atoms. The Hall–Kier alpha value is -1.09. The van der Waals surface area contributed by atoms with Crippen LogP contribution < -0.4 is 10.1 Å². The predicted octanol–water partition coefficient (Wildman–Crippen LogP) is 4.19. The van der Waals surface area contributed by atoms with Gasteiger partial charge in [0.1, 0.15) is 11.6 Å². The van der Waals surface area contributed by atoms with Crippen LogP contribution >= 0.6 is 24.0 Å². The third-order valence-electron chi connectivity index (χ3n) is 5.12. The smallest absolute Gasteiger partial charge is 0.193 e. The van der Waals surface area contributed by atoms with Crippen LogP contribution in [0, 0.1) is 17.7 Å². The molecule has 1 saturated heterocycles. The maximum absolute atomic E-state index is 13.9. The SMILES string of the molecule is CCNC(=NCCc1cc(F)cc2c1OCOC2)N1CCC(CC(C)C)C1.I. The molecule has 0 saturated carbocycles. The minimum atomic E-state index is -0.246. The molecule has 0 spiro atoms. The molecule has 2 aliphatic rings. The summed E-state index contributed by atoms with van der Waals surface area (Å²) in [5.41, 5.74) is 1.65. The minimum Gasteiger partial charge on any atom is -0.467 e. The molecule has 0 aromatic heterocycles. The van der Waals surface area contributed by atoms with Crippen LogP contribution in [-0.2, 0) is 17.8 Å². The maximum Gasteiger partial charge on any atom is 0.193 e. The third kappa shape index (κ3) is 6.20. The van der Waals surface area contributed by atoms with Gasteiger partial charge in [0.25, 0.3) is 0 Å². The number of aliphatic imine (C=N–C) groups is 1. The Labute approximate surface area is 185 Å². The van der Waals surface area contributed by atoms with E-state index in [0.29, 0.717) is 19.6 Å². The zero-order valence-electron chi connectivity index (χ0n) is 17.2. The van der Waals surface area contributed by atoms with Crippen molar-refractivity contribution < 1.29 is 13.9 Å². The van der Waals surface area contributed by atoms with E-state index in [0.717, 1.165) is 54.3 Å². The quantitative estimate of drug-likeness (QED) is 0.358. The van der Waals surface area contributed by atoms with Crippen molar-refractivity contribution >= 4 is 29.9 Å². The Morgan fingerprint density at radius 3 is 2.96 bits per heavy atom. The average Bonchev–Trinajstić information content (AvgIpc) is 3.08. The highest BCUT2D eigenvalue weighted by molar-refractivity contribution is 14.0. The van der Waals surface area contributed by atoms with E-state index in [9.17, 15) is 4.39 Å². The molecule has 1 aromatic rings. The first-order valence-corrected chi connectivity index (χ1v) is 10.1. The van der Waals surface area contributed by atoms with Gasteiger partial charge in [-0.1, -0.05) is 13.8 Å². The Balaban J connectivity index is 0.00000280. The van der Waals surface area contributed by atoms with E-state index in [1.54, 1.807) is 6.07 Å². The Morgan fingerprint density at radius 2 is 2.21 bits per heavy atom. The minimum absolute atomic E-state index is 0. The fraction of sp³-hybridized carbons (Fsp3) is 0.667. The summed E-state index contributed by atoms with van der Waals surface area (Å²) in [5, 5.41) is 3.41. The molecule has 158 valence electrons. The van der Waals surface area contributed by atoms with Gasteiger partial charge >= 0.3 is 0 Å². The van der Waals surface area contributed by atoms with Crippen molar-refractivity contribution in [1.82, 2.24) is 10.2 Å². The standard InChI is InChI=1S/C21H32FN3O2.HI/c1-4-23-21(25-8-6-16(12-25)9-15(2)3)24-7-5-17-10-19(22)11-18-13-26-14-27-20(17)18;/h10-11,15-16H,4-9,12-14H2,1-3H3,(H,23,24);1H. The molecule has 0 amide bonds. The van der Waals surface area contributed by atoms with Gasteiger partial charge in [0, 0.05) is 31.7 Å². The van der Waals surface area contributed by atoms with E-state index >= 15 is 0 Å². The van der Waals surface area contributed by atoms with Crippen molar-refractivity contribution in [2.24, 2.45) is 16.8 Å². The topological polar surface area (TPSA) is 46.1 Å². The lowest BCUT2D eigenvalue weighted by molar-refractivity contribution is -0.0172. The monoisotopic (exact) mass is 505 g/mol. The van der Waals surface area contributed by atoms with Crippen LogP contribution in [0.4, 0.5) is 4.39 Å². The highest BCUT2D eigenvalue weighted by atomic mass is 127. The first kappa shape index (κ1) is 23.2. The summed E-state index contributed by atoms with van der Waals surface area (Å²) in [6, 6.07) is 3.05. The lowest BCUT2D eigenvalue weighted by Gasteiger charge is -2.23. The van der Waals surface area contributed by atoms with Gasteiger partial charge in [0.15, 0.2) is 12.8 Å². The van der Waals surface area contributed by atoms with Crippen LogP contribution in [0.3, 0.4) is 0 Å². The van der Waals surface area contributed by atoms with Crippen LogP contribution in [0.2, 0.25) is 0 Å². The van der Waals surface area contributed by atoms with E-state index in [2.05, 4.69) is 31.0 Å². The number of hydrogen-bond acceptors (Lipinski definition) is 3. The summed E-state index contributed by atoms with van der Waals surface area (Å²) in [6.07, 6.45) is 3.15. The number of rotatable bonds is 6. The number of ether oxygens (including phenoxy) is 2. The van der Waals surface area contributed by atoms with E-state index in [1.807, 2.05) is 0 Å². The van der Waals surface area contributed by atoms with Crippen LogP contribution in [-0.4, -0.2) is 43.8 Å². The zero-order chi connectivity index (χ0) is 19.2. The molecule has 5 nitrogen and oxygen atoms in total. The van der Waals surface area contributed by atoms with Gasteiger partial charge in [-0.2, -0.15) is 0 Å². The van der Waals surface area contributed by atoms with Gasteiger partial charge in [0.05, 0.1) is 6.61 Å². The van der Waals surface area contributed by atoms with Gasteiger partial charge in [0.2, 0.25) is 0 Å². The molecule has 1 unspecified atom stereocenters. The van der Waals surface area contributed by atoms with E-state index in [-0.39, 0.29) is 36.6 Å². The van der Waals surface area contributed by atoms with Gasteiger partial charge in [-0.15, -0.1) is 24.0 Å². The van der Waals surface area contributed by atoms with Crippen LogP contribution in [0.1, 0.15) is 44.7 Å². The molecular formula is C21H33FIN3O2. The summed E-state index contributed by atoms with van der Waals surface area (Å²) in [6.45, 7) is 10.9. The Morgan fingerprint density at radius 1 is 1.39 bits per heavy atom. The molecule has 3 rings (SSSR count). The summed E-state index contributed by atoms with van der Waals surface area (Å²) in [7, 11) is 0. The van der Waals surface area contributed by atoms with Crippen LogP contribution in [0.15, 0.2) is 17.1 Å². The van der Waals surface area contributed by atoms with Crippen molar-refractivity contribution in [3.05, 3.63) is 29.1 Å². The van der Waals surface area contributed by atoms with Gasteiger partial charge in [-0.05, 0) is 55.7 Å². The van der Waals surface area contributed by atoms with Crippen molar-refractivity contribution in [3.8, 4) is 5.75 Å². The molecule has 1 fully saturated rings. The molecule has 0 aliphatic carbocycles. The second-order valence-corrected chi connectivity index (χ2v) is 7.88. The number of halogens is 2. The van der Waals surface area contributed by atoms with Crippen LogP contribution in [0.25, 0.3) is 0 Å². The number of fused-ring (bicyclic) bond motifs is 1. The summed E-state index contributed by atoms with van der Waals surface area (Å²) >= 11 is 0. The Kier molecular flexibility index (Phi) is 9.27. The van der Waals surface area contributed by atoms with E-state index in [1.165, 1.54) is 18.9 Å². The van der Waals surface area contributed by atoms with E-state index < -0.39 is 0 Å². The molecule has 2 heterocycles. The summed E-state index contributed by atoms with van der Waals surface area (Å²) in [5.74, 6) is 2.97. The molecule has 2 aliphatic heterocycles. The van der Waals surface area contributed by atoms with Crippen molar-refractivity contribution in [2.75, 3.05) is 33.0 Å². The lowest BCUT2D eigenvalue weighted by Crippen LogP contribution is -2.40. The normalized spacial score (nSPS) is 19.2. The fourth-order valence-corrected chi connectivity index (χ4v) is 4.03. The number of hydrogen-bond donors (Lipinski definition) is 1. The van der Waals surface area contributed by atoms with Crippen molar-refractivity contribution in [1.29, 1.82) is 0 Å². The molecule has 1 N–H and O–H groups in total. The number of guanidine groups is 1.